The maximum atomic E-state index is 12.4. The molecule has 192 valence electrons. The van der Waals surface area contributed by atoms with Crippen molar-refractivity contribution in [1.29, 1.82) is 0 Å². The highest BCUT2D eigenvalue weighted by Crippen LogP contribution is 2.27. The van der Waals surface area contributed by atoms with Crippen LogP contribution in [0.15, 0.2) is 59.3 Å². The van der Waals surface area contributed by atoms with Crippen molar-refractivity contribution >= 4 is 5.69 Å². The molecule has 8 nitrogen and oxygen atoms in total. The molecule has 11 heteroatoms. The van der Waals surface area contributed by atoms with Gasteiger partial charge in [-0.05, 0) is 61.5 Å². The van der Waals surface area contributed by atoms with E-state index in [9.17, 15) is 13.2 Å². The minimum atomic E-state index is -4.76. The van der Waals surface area contributed by atoms with Gasteiger partial charge in [-0.3, -0.25) is 0 Å². The number of halogens is 3. The number of nitrogens with zero attached hydrogens (tertiary/aromatic N) is 6. The summed E-state index contributed by atoms with van der Waals surface area (Å²) in [5.41, 5.74) is 4.59. The number of alkyl halides is 3. The molecular formula is C26H25F3N6O2. The summed E-state index contributed by atoms with van der Waals surface area (Å²) in [5.74, 6) is 0.284. The Bertz CT molecular complexity index is 1370. The van der Waals surface area contributed by atoms with E-state index >= 15 is 0 Å². The lowest BCUT2D eigenvalue weighted by Gasteiger charge is -2.34. The van der Waals surface area contributed by atoms with Gasteiger partial charge >= 0.3 is 6.36 Å². The summed E-state index contributed by atoms with van der Waals surface area (Å²) in [6, 6.07) is 13.7. The van der Waals surface area contributed by atoms with Crippen LogP contribution in [0.3, 0.4) is 0 Å². The molecular weight excluding hydrogens is 485 g/mol. The fraction of sp³-hybridized carbons (Fsp3) is 0.308. The molecule has 1 fully saturated rings. The van der Waals surface area contributed by atoms with Crippen LogP contribution in [-0.4, -0.2) is 64.6 Å². The highest BCUT2D eigenvalue weighted by Gasteiger charge is 2.31. The third-order valence-corrected chi connectivity index (χ3v) is 6.19. The van der Waals surface area contributed by atoms with Crippen LogP contribution in [0.5, 0.6) is 5.75 Å². The van der Waals surface area contributed by atoms with Crippen LogP contribution in [0.2, 0.25) is 0 Å². The quantitative estimate of drug-likeness (QED) is 0.368. The lowest BCUT2D eigenvalue weighted by Crippen LogP contribution is -2.44. The maximum absolute atomic E-state index is 12.4. The number of aromatic nitrogens is 4. The molecule has 2 aromatic carbocycles. The molecule has 0 aliphatic carbocycles. The van der Waals surface area contributed by atoms with Crippen LogP contribution in [0.25, 0.3) is 23.1 Å². The van der Waals surface area contributed by atoms with Gasteiger partial charge in [0, 0.05) is 50.0 Å². The van der Waals surface area contributed by atoms with Crippen LogP contribution in [-0.2, 0) is 6.42 Å². The average molecular weight is 511 g/mol. The van der Waals surface area contributed by atoms with E-state index in [1.165, 1.54) is 30.0 Å². The van der Waals surface area contributed by atoms with Crippen molar-refractivity contribution in [3.05, 3.63) is 71.5 Å². The third kappa shape index (κ3) is 6.05. The molecule has 0 N–H and O–H groups in total. The molecule has 0 radical (unpaired) electrons. The van der Waals surface area contributed by atoms with Crippen molar-refractivity contribution in [3.8, 4) is 28.9 Å². The third-order valence-electron chi connectivity index (χ3n) is 6.19. The predicted molar refractivity (Wildman–Crippen MR) is 131 cm³/mol. The van der Waals surface area contributed by atoms with E-state index in [4.69, 9.17) is 4.52 Å². The normalized spacial score (nSPS) is 14.7. The van der Waals surface area contributed by atoms with E-state index < -0.39 is 6.36 Å². The fourth-order valence-corrected chi connectivity index (χ4v) is 4.12. The molecule has 5 rings (SSSR count). The van der Waals surface area contributed by atoms with Gasteiger partial charge < -0.3 is 19.1 Å². The van der Waals surface area contributed by atoms with Crippen LogP contribution in [0, 0.1) is 6.92 Å². The van der Waals surface area contributed by atoms with Crippen molar-refractivity contribution in [1.82, 2.24) is 25.0 Å². The summed E-state index contributed by atoms with van der Waals surface area (Å²) >= 11 is 0. The molecule has 0 unspecified atom stereocenters. The minimum absolute atomic E-state index is 0.123. The Labute approximate surface area is 211 Å². The molecule has 1 aliphatic heterocycles. The van der Waals surface area contributed by atoms with Gasteiger partial charge in [0.05, 0.1) is 5.69 Å². The molecule has 1 saturated heterocycles. The number of anilines is 1. The lowest BCUT2D eigenvalue weighted by atomic mass is 10.1. The van der Waals surface area contributed by atoms with Crippen LogP contribution < -0.4 is 9.64 Å². The van der Waals surface area contributed by atoms with Gasteiger partial charge in [0.25, 0.3) is 5.89 Å². The van der Waals surface area contributed by atoms with Crippen molar-refractivity contribution in [2.24, 2.45) is 0 Å². The Balaban J connectivity index is 1.32. The van der Waals surface area contributed by atoms with E-state index in [1.54, 1.807) is 6.20 Å². The van der Waals surface area contributed by atoms with Crippen LogP contribution in [0.1, 0.15) is 16.8 Å². The molecule has 0 bridgehead atoms. The van der Waals surface area contributed by atoms with Crippen molar-refractivity contribution < 1.29 is 22.4 Å². The summed E-state index contributed by atoms with van der Waals surface area (Å²) in [7, 11) is 2.14. The van der Waals surface area contributed by atoms with E-state index in [2.05, 4.69) is 66.0 Å². The van der Waals surface area contributed by atoms with Gasteiger partial charge in [-0.25, -0.2) is 9.97 Å². The largest absolute Gasteiger partial charge is 0.573 e. The Morgan fingerprint density at radius 1 is 0.973 bits per heavy atom. The molecule has 0 amide bonds. The van der Waals surface area contributed by atoms with Gasteiger partial charge in [-0.1, -0.05) is 17.3 Å². The minimum Gasteiger partial charge on any atom is -0.406 e. The summed E-state index contributed by atoms with van der Waals surface area (Å²) in [6.45, 7) is 6.02. The van der Waals surface area contributed by atoms with Crippen molar-refractivity contribution in [2.45, 2.75) is 19.7 Å². The zero-order chi connectivity index (χ0) is 26.0. The summed E-state index contributed by atoms with van der Waals surface area (Å²) in [4.78, 5) is 18.1. The molecule has 2 aromatic heterocycles. The number of rotatable bonds is 6. The van der Waals surface area contributed by atoms with Gasteiger partial charge in [0.2, 0.25) is 11.6 Å². The highest BCUT2D eigenvalue weighted by molar-refractivity contribution is 5.58. The molecule has 1 aliphatic rings. The Morgan fingerprint density at radius 3 is 2.46 bits per heavy atom. The monoisotopic (exact) mass is 510 g/mol. The second-order valence-electron chi connectivity index (χ2n) is 8.96. The molecule has 4 aromatic rings. The number of likely N-dealkylation sites (N-methyl/N-ethyl adjacent to an activating group) is 1. The number of piperazine rings is 1. The summed E-state index contributed by atoms with van der Waals surface area (Å²) < 4.78 is 46.4. The number of aryl methyl sites for hydroxylation is 1. The van der Waals surface area contributed by atoms with Crippen molar-refractivity contribution in [3.63, 3.8) is 0 Å². The summed E-state index contributed by atoms with van der Waals surface area (Å²) in [6.07, 6.45) is -2.42. The Morgan fingerprint density at radius 2 is 1.73 bits per heavy atom. The smallest absolute Gasteiger partial charge is 0.406 e. The highest BCUT2D eigenvalue weighted by atomic mass is 19.4. The predicted octanol–water partition coefficient (Wildman–Crippen LogP) is 4.74. The lowest BCUT2D eigenvalue weighted by molar-refractivity contribution is -0.274. The zero-order valence-electron chi connectivity index (χ0n) is 20.4. The molecule has 37 heavy (non-hydrogen) atoms. The maximum Gasteiger partial charge on any atom is 0.573 e. The first-order valence-electron chi connectivity index (χ1n) is 11.8. The van der Waals surface area contributed by atoms with Gasteiger partial charge in [0.15, 0.2) is 0 Å². The number of hydrogen-bond acceptors (Lipinski definition) is 8. The van der Waals surface area contributed by atoms with E-state index in [1.807, 2.05) is 6.92 Å². The SMILES string of the molecule is Cc1cnc(-c2nc(-c3ccc(OC(F)(F)F)cc3)no2)nc1Cc1cccc(N2CCN(C)CC2)c1. The first-order valence-corrected chi connectivity index (χ1v) is 11.8. The van der Waals surface area contributed by atoms with E-state index in [0.717, 1.165) is 43.0 Å². The number of ether oxygens (including phenoxy) is 1. The standard InChI is InChI=1S/C26H25F3N6O2/c1-17-16-30-24(25-32-23(33-37-25)19-6-8-21(9-7-19)36-26(27,28)29)31-22(17)15-18-4-3-5-20(14-18)35-12-10-34(2)11-13-35/h3-9,14,16H,10-13,15H2,1-2H3. The number of benzene rings is 2. The van der Waals surface area contributed by atoms with E-state index in [-0.39, 0.29) is 23.3 Å². The second kappa shape index (κ2) is 10.2. The molecule has 0 saturated carbocycles. The summed E-state index contributed by atoms with van der Waals surface area (Å²) in [5, 5.41) is 3.93. The first kappa shape index (κ1) is 24.7. The van der Waals surface area contributed by atoms with Crippen LogP contribution >= 0.6 is 0 Å². The molecule has 3 heterocycles. The topological polar surface area (TPSA) is 80.4 Å². The Kier molecular flexibility index (Phi) is 6.79. The Hall–Kier alpha value is -3.99. The van der Waals surface area contributed by atoms with Gasteiger partial charge in [0.1, 0.15) is 5.75 Å². The second-order valence-corrected chi connectivity index (χ2v) is 8.96. The van der Waals surface area contributed by atoms with Crippen molar-refractivity contribution in [2.75, 3.05) is 38.1 Å². The van der Waals surface area contributed by atoms with E-state index in [0.29, 0.717) is 12.0 Å². The van der Waals surface area contributed by atoms with Crippen LogP contribution in [0.4, 0.5) is 18.9 Å². The fourth-order valence-electron chi connectivity index (χ4n) is 4.12. The van der Waals surface area contributed by atoms with Gasteiger partial charge in [-0.15, -0.1) is 13.2 Å². The first-order chi connectivity index (χ1) is 17.7. The number of hydrogen-bond donors (Lipinski definition) is 0. The molecule has 0 spiro atoms. The zero-order valence-corrected chi connectivity index (χ0v) is 20.4. The molecule has 0 atom stereocenters. The van der Waals surface area contributed by atoms with Gasteiger partial charge in [-0.2, -0.15) is 4.98 Å². The average Bonchev–Trinajstić information content (AvgIpc) is 3.36.